The molecule has 1 rings (SSSR count). The van der Waals surface area contributed by atoms with Crippen molar-refractivity contribution in [3.63, 3.8) is 0 Å². The first-order valence-corrected chi connectivity index (χ1v) is 4.17. The molecule has 0 N–H and O–H groups in total. The molecule has 1 aromatic rings. The lowest BCUT2D eigenvalue weighted by atomic mass is 10.4. The lowest BCUT2D eigenvalue weighted by molar-refractivity contribution is -0.108. The Balaban J connectivity index is 2.85. The predicted octanol–water partition coefficient (Wildman–Crippen LogP) is 1.74. The molecule has 0 aliphatic heterocycles. The first kappa shape index (κ1) is 9.26. The summed E-state index contributed by atoms with van der Waals surface area (Å²) in [6, 6.07) is 0. The van der Waals surface area contributed by atoms with Crippen LogP contribution in [0.25, 0.3) is 0 Å². The van der Waals surface area contributed by atoms with E-state index in [4.69, 9.17) is 11.6 Å². The van der Waals surface area contributed by atoms with E-state index < -0.39 is 0 Å². The van der Waals surface area contributed by atoms with Gasteiger partial charge in [-0.05, 0) is 13.8 Å². The van der Waals surface area contributed by atoms with Gasteiger partial charge in [-0.1, -0.05) is 11.6 Å². The summed E-state index contributed by atoms with van der Waals surface area (Å²) in [4.78, 5) is 10.1. The Kier molecular flexibility index (Phi) is 2.87. The van der Waals surface area contributed by atoms with Crippen LogP contribution in [0.15, 0.2) is 0 Å². The van der Waals surface area contributed by atoms with Gasteiger partial charge in [-0.25, -0.2) is 0 Å². The minimum absolute atomic E-state index is 0.484. The van der Waals surface area contributed by atoms with Crippen LogP contribution in [0.4, 0.5) is 0 Å². The smallest absolute Gasteiger partial charge is 0.121 e. The van der Waals surface area contributed by atoms with E-state index in [0.29, 0.717) is 18.0 Å². The fraction of sp³-hybridized carbons (Fsp3) is 0.500. The lowest BCUT2D eigenvalue weighted by Gasteiger charge is -1.99. The molecule has 1 aromatic heterocycles. The van der Waals surface area contributed by atoms with E-state index >= 15 is 0 Å². The lowest BCUT2D eigenvalue weighted by Crippen LogP contribution is -2.02. The molecule has 0 aliphatic carbocycles. The van der Waals surface area contributed by atoms with Crippen LogP contribution in [0.3, 0.4) is 0 Å². The van der Waals surface area contributed by atoms with Crippen LogP contribution in [-0.2, 0) is 11.3 Å². The number of hydrogen-bond acceptors (Lipinski definition) is 2. The number of aldehydes is 1. The molecule has 0 bridgehead atoms. The van der Waals surface area contributed by atoms with Gasteiger partial charge >= 0.3 is 0 Å². The van der Waals surface area contributed by atoms with Crippen LogP contribution in [0.5, 0.6) is 0 Å². The second-order valence-electron chi connectivity index (χ2n) is 2.66. The van der Waals surface area contributed by atoms with Gasteiger partial charge < -0.3 is 4.79 Å². The standard InChI is InChI=1S/C8H11ClN2O/c1-6-8(9)7(2)11(10-6)4-3-5-12/h5H,3-4H2,1-2H3. The molecule has 1 heterocycles. The van der Waals surface area contributed by atoms with E-state index in [0.717, 1.165) is 17.7 Å². The number of rotatable bonds is 3. The zero-order valence-electron chi connectivity index (χ0n) is 7.17. The van der Waals surface area contributed by atoms with E-state index in [2.05, 4.69) is 5.10 Å². The largest absolute Gasteiger partial charge is 0.303 e. The highest BCUT2D eigenvalue weighted by molar-refractivity contribution is 6.31. The van der Waals surface area contributed by atoms with Gasteiger partial charge in [0.2, 0.25) is 0 Å². The monoisotopic (exact) mass is 186 g/mol. The molecular weight excluding hydrogens is 176 g/mol. The topological polar surface area (TPSA) is 34.9 Å². The van der Waals surface area contributed by atoms with Crippen molar-refractivity contribution in [3.05, 3.63) is 16.4 Å². The molecule has 0 saturated carbocycles. The normalized spacial score (nSPS) is 10.2. The molecule has 4 heteroatoms. The van der Waals surface area contributed by atoms with E-state index in [9.17, 15) is 4.79 Å². The summed E-state index contributed by atoms with van der Waals surface area (Å²) in [5, 5.41) is 4.87. The maximum Gasteiger partial charge on any atom is 0.121 e. The van der Waals surface area contributed by atoms with Crippen LogP contribution < -0.4 is 0 Å². The minimum atomic E-state index is 0.484. The number of aromatic nitrogens is 2. The summed E-state index contributed by atoms with van der Waals surface area (Å²) >= 11 is 5.91. The first-order chi connectivity index (χ1) is 5.66. The van der Waals surface area contributed by atoms with Crippen LogP contribution in [-0.4, -0.2) is 16.1 Å². The van der Waals surface area contributed by atoms with Crippen LogP contribution in [0.1, 0.15) is 17.8 Å². The highest BCUT2D eigenvalue weighted by Gasteiger charge is 2.07. The molecule has 0 aliphatic rings. The second kappa shape index (κ2) is 3.72. The predicted molar refractivity (Wildman–Crippen MR) is 47.4 cm³/mol. The van der Waals surface area contributed by atoms with Crippen molar-refractivity contribution in [2.24, 2.45) is 0 Å². The maximum absolute atomic E-state index is 10.1. The van der Waals surface area contributed by atoms with Crippen molar-refractivity contribution < 1.29 is 4.79 Å². The van der Waals surface area contributed by atoms with Gasteiger partial charge in [0.25, 0.3) is 0 Å². The molecule has 12 heavy (non-hydrogen) atoms. The number of carbonyl (C=O) groups is 1. The third-order valence-corrected chi connectivity index (χ3v) is 2.30. The quantitative estimate of drug-likeness (QED) is 0.674. The number of nitrogens with zero attached hydrogens (tertiary/aromatic N) is 2. The van der Waals surface area contributed by atoms with Gasteiger partial charge in [-0.15, -0.1) is 0 Å². The Morgan fingerprint density at radius 2 is 2.25 bits per heavy atom. The van der Waals surface area contributed by atoms with E-state index in [-0.39, 0.29) is 0 Å². The summed E-state index contributed by atoms with van der Waals surface area (Å²) in [5.41, 5.74) is 1.75. The molecule has 0 atom stereocenters. The van der Waals surface area contributed by atoms with Crippen molar-refractivity contribution in [1.29, 1.82) is 0 Å². The van der Waals surface area contributed by atoms with Crippen molar-refractivity contribution in [2.75, 3.05) is 0 Å². The molecule has 66 valence electrons. The molecule has 0 aromatic carbocycles. The summed E-state index contributed by atoms with van der Waals surface area (Å²) in [6.45, 7) is 4.36. The SMILES string of the molecule is Cc1nn(CCC=O)c(C)c1Cl. The number of carbonyl (C=O) groups excluding carboxylic acids is 1. The molecule has 0 unspecified atom stereocenters. The van der Waals surface area contributed by atoms with Gasteiger partial charge in [0.15, 0.2) is 0 Å². The second-order valence-corrected chi connectivity index (χ2v) is 3.04. The third-order valence-electron chi connectivity index (χ3n) is 1.75. The molecular formula is C8H11ClN2O. The molecule has 0 amide bonds. The molecule has 0 saturated heterocycles. The molecule has 3 nitrogen and oxygen atoms in total. The Hall–Kier alpha value is -0.830. The number of hydrogen-bond donors (Lipinski definition) is 0. The maximum atomic E-state index is 10.1. The minimum Gasteiger partial charge on any atom is -0.303 e. The van der Waals surface area contributed by atoms with E-state index in [1.807, 2.05) is 13.8 Å². The summed E-state index contributed by atoms with van der Waals surface area (Å²) < 4.78 is 1.76. The van der Waals surface area contributed by atoms with Crippen molar-refractivity contribution in [3.8, 4) is 0 Å². The summed E-state index contributed by atoms with van der Waals surface area (Å²) in [5.74, 6) is 0. The summed E-state index contributed by atoms with van der Waals surface area (Å²) in [6.07, 6.45) is 1.36. The van der Waals surface area contributed by atoms with E-state index in [1.54, 1.807) is 4.68 Å². The van der Waals surface area contributed by atoms with Crippen molar-refractivity contribution in [1.82, 2.24) is 9.78 Å². The van der Waals surface area contributed by atoms with Gasteiger partial charge in [-0.3, -0.25) is 4.68 Å². The molecule has 0 radical (unpaired) electrons. The van der Waals surface area contributed by atoms with Crippen molar-refractivity contribution in [2.45, 2.75) is 26.8 Å². The summed E-state index contributed by atoms with van der Waals surface area (Å²) in [7, 11) is 0. The third kappa shape index (κ3) is 1.67. The fourth-order valence-corrected chi connectivity index (χ4v) is 1.20. The number of aryl methyl sites for hydroxylation is 2. The zero-order valence-corrected chi connectivity index (χ0v) is 7.93. The number of halogens is 1. The van der Waals surface area contributed by atoms with Gasteiger partial charge in [0.05, 0.1) is 16.4 Å². The Morgan fingerprint density at radius 3 is 2.67 bits per heavy atom. The van der Waals surface area contributed by atoms with Crippen LogP contribution >= 0.6 is 11.6 Å². The van der Waals surface area contributed by atoms with Crippen LogP contribution in [0.2, 0.25) is 5.02 Å². The highest BCUT2D eigenvalue weighted by atomic mass is 35.5. The first-order valence-electron chi connectivity index (χ1n) is 3.80. The average molecular weight is 187 g/mol. The van der Waals surface area contributed by atoms with Crippen LogP contribution in [0, 0.1) is 13.8 Å². The molecule has 0 fully saturated rings. The molecule has 0 spiro atoms. The fourth-order valence-electron chi connectivity index (χ4n) is 1.07. The van der Waals surface area contributed by atoms with Gasteiger partial charge in [0, 0.05) is 13.0 Å². The zero-order chi connectivity index (χ0) is 9.14. The Labute approximate surface area is 76.3 Å². The van der Waals surface area contributed by atoms with Gasteiger partial charge in [0.1, 0.15) is 6.29 Å². The Bertz CT molecular complexity index is 293. The Morgan fingerprint density at radius 1 is 1.58 bits per heavy atom. The van der Waals surface area contributed by atoms with E-state index in [1.165, 1.54) is 0 Å². The van der Waals surface area contributed by atoms with Crippen molar-refractivity contribution >= 4 is 17.9 Å². The average Bonchev–Trinajstić information content (AvgIpc) is 2.30. The van der Waals surface area contributed by atoms with Gasteiger partial charge in [-0.2, -0.15) is 5.10 Å². The highest BCUT2D eigenvalue weighted by Crippen LogP contribution is 2.18.